The summed E-state index contributed by atoms with van der Waals surface area (Å²) in [6.07, 6.45) is 2.13. The maximum atomic E-state index is 13.5. The third-order valence-electron chi connectivity index (χ3n) is 7.17. The van der Waals surface area contributed by atoms with Crippen molar-refractivity contribution in [3.05, 3.63) is 101 Å². The van der Waals surface area contributed by atoms with Gasteiger partial charge in [0, 0.05) is 37.0 Å². The first-order valence-corrected chi connectivity index (χ1v) is 13.6. The summed E-state index contributed by atoms with van der Waals surface area (Å²) in [6.45, 7) is 7.45. The van der Waals surface area contributed by atoms with Gasteiger partial charge in [0.1, 0.15) is 5.60 Å². The molecule has 8 heteroatoms. The van der Waals surface area contributed by atoms with E-state index in [1.165, 1.54) is 6.20 Å². The van der Waals surface area contributed by atoms with Crippen molar-refractivity contribution in [3.63, 3.8) is 0 Å². The minimum Gasteiger partial charge on any atom is -0.444 e. The smallest absolute Gasteiger partial charge is 0.410 e. The number of benzene rings is 2. The number of aromatic nitrogens is 1. The number of carbonyl (C=O) groups excluding carboxylic acids is 2. The van der Waals surface area contributed by atoms with Gasteiger partial charge in [0.25, 0.3) is 5.91 Å². The second-order valence-electron chi connectivity index (χ2n) is 11.6. The fourth-order valence-electron chi connectivity index (χ4n) is 5.22. The molecule has 4 rings (SSSR count). The predicted molar refractivity (Wildman–Crippen MR) is 151 cm³/mol. The quantitative estimate of drug-likeness (QED) is 0.376. The zero-order valence-electron chi connectivity index (χ0n) is 23.8. The largest absolute Gasteiger partial charge is 0.444 e. The lowest BCUT2D eigenvalue weighted by molar-refractivity contribution is -0.00453. The number of amides is 2. The molecule has 2 amide bonds. The number of halogens is 1. The number of rotatable bonds is 7. The first-order valence-electron chi connectivity index (χ1n) is 13.6. The molecule has 3 atom stereocenters. The Morgan fingerprint density at radius 2 is 1.77 bits per heavy atom. The lowest BCUT2D eigenvalue weighted by Gasteiger charge is -2.35. The van der Waals surface area contributed by atoms with Crippen molar-refractivity contribution in [1.29, 1.82) is 0 Å². The molecule has 0 radical (unpaired) electrons. The Balaban J connectivity index is 1.47. The summed E-state index contributed by atoms with van der Waals surface area (Å²) in [5.41, 5.74) is 2.80. The van der Waals surface area contributed by atoms with Crippen LogP contribution in [-0.2, 0) is 17.7 Å². The number of nitrogens with zero attached hydrogens (tertiary/aromatic N) is 3. The van der Waals surface area contributed by atoms with Crippen LogP contribution in [0, 0.1) is 12.9 Å². The van der Waals surface area contributed by atoms with E-state index in [1.807, 2.05) is 63.2 Å². The van der Waals surface area contributed by atoms with Gasteiger partial charge in [-0.05, 0) is 81.8 Å². The van der Waals surface area contributed by atoms with Gasteiger partial charge in [-0.25, -0.2) is 9.78 Å². The third-order valence-corrected chi connectivity index (χ3v) is 7.17. The van der Waals surface area contributed by atoms with Crippen molar-refractivity contribution in [2.45, 2.75) is 77.3 Å². The van der Waals surface area contributed by atoms with Crippen LogP contribution in [0.1, 0.15) is 72.3 Å². The first kappa shape index (κ1) is 29.2. The summed E-state index contributed by atoms with van der Waals surface area (Å²) in [4.78, 5) is 33.4. The number of ether oxygens (including phenoxy) is 1. The predicted octanol–water partition coefficient (Wildman–Crippen LogP) is 5.85. The molecule has 0 bridgehead atoms. The molecule has 1 aliphatic heterocycles. The molecule has 3 aromatic rings. The van der Waals surface area contributed by atoms with Crippen LogP contribution < -0.4 is 0 Å². The normalized spacial score (nSPS) is 17.9. The molecule has 40 heavy (non-hydrogen) atoms. The highest BCUT2D eigenvalue weighted by molar-refractivity contribution is 5.94. The first-order chi connectivity index (χ1) is 18.9. The molecule has 1 aliphatic rings. The van der Waals surface area contributed by atoms with E-state index in [0.717, 1.165) is 23.1 Å². The Kier molecular flexibility index (Phi) is 8.88. The fourth-order valence-corrected chi connectivity index (χ4v) is 5.22. The van der Waals surface area contributed by atoms with Gasteiger partial charge in [-0.2, -0.15) is 4.39 Å². The van der Waals surface area contributed by atoms with Gasteiger partial charge in [-0.15, -0.1) is 0 Å². The van der Waals surface area contributed by atoms with Crippen LogP contribution in [0.3, 0.4) is 0 Å². The SMILES string of the molecule is Cc1cc(CN(C)C(=O)c2ccc(C[C@@H]3CC[C@H]([C@H](O)c4ccccc4)N3C(=O)OC(C)(C)C)cc2)cnc1F. The Bertz CT molecular complexity index is 1320. The number of carbonyl (C=O) groups is 2. The van der Waals surface area contributed by atoms with Gasteiger partial charge in [0.2, 0.25) is 5.95 Å². The molecule has 7 nitrogen and oxygen atoms in total. The van der Waals surface area contributed by atoms with Crippen LogP contribution in [0.4, 0.5) is 9.18 Å². The van der Waals surface area contributed by atoms with Crippen molar-refractivity contribution in [2.24, 2.45) is 0 Å². The molecule has 0 saturated carbocycles. The maximum Gasteiger partial charge on any atom is 0.410 e. The molecule has 1 N–H and O–H groups in total. The van der Waals surface area contributed by atoms with E-state index in [-0.39, 0.29) is 11.9 Å². The van der Waals surface area contributed by atoms with Gasteiger partial charge in [-0.1, -0.05) is 42.5 Å². The number of pyridine rings is 1. The lowest BCUT2D eigenvalue weighted by Crippen LogP contribution is -2.47. The summed E-state index contributed by atoms with van der Waals surface area (Å²) in [6, 6.07) is 17.9. The monoisotopic (exact) mass is 547 g/mol. The molecule has 0 unspecified atom stereocenters. The van der Waals surface area contributed by atoms with Crippen LogP contribution >= 0.6 is 0 Å². The van der Waals surface area contributed by atoms with E-state index in [9.17, 15) is 19.1 Å². The van der Waals surface area contributed by atoms with E-state index < -0.39 is 29.8 Å². The van der Waals surface area contributed by atoms with E-state index >= 15 is 0 Å². The second kappa shape index (κ2) is 12.2. The topological polar surface area (TPSA) is 83.0 Å². The van der Waals surface area contributed by atoms with Gasteiger partial charge in [0.15, 0.2) is 0 Å². The molecule has 1 aromatic heterocycles. The van der Waals surface area contributed by atoms with E-state index in [0.29, 0.717) is 30.5 Å². The molecular weight excluding hydrogens is 509 g/mol. The summed E-state index contributed by atoms with van der Waals surface area (Å²) < 4.78 is 19.2. The number of aliphatic hydroxyl groups excluding tert-OH is 1. The van der Waals surface area contributed by atoms with Crippen molar-refractivity contribution in [3.8, 4) is 0 Å². The van der Waals surface area contributed by atoms with Crippen LogP contribution in [0.5, 0.6) is 0 Å². The van der Waals surface area contributed by atoms with Crippen LogP contribution in [0.25, 0.3) is 0 Å². The molecular formula is C32H38FN3O4. The number of hydrogen-bond donors (Lipinski definition) is 1. The van der Waals surface area contributed by atoms with Gasteiger partial charge >= 0.3 is 6.09 Å². The van der Waals surface area contributed by atoms with Crippen LogP contribution in [0.15, 0.2) is 66.9 Å². The van der Waals surface area contributed by atoms with E-state index in [1.54, 1.807) is 42.0 Å². The standard InChI is InChI=1S/C32H38FN3O4/c1-21-17-23(19-34-29(21)33)20-35(5)30(38)25-13-11-22(12-14-25)18-26-15-16-27(28(37)24-9-7-6-8-10-24)36(26)31(39)40-32(2,3)4/h6-14,17,19,26-28,37H,15-16,18,20H2,1-5H3/t26-,27+,28+/m0/s1. The molecule has 0 spiro atoms. The zero-order chi connectivity index (χ0) is 29.0. The third kappa shape index (κ3) is 7.04. The number of aliphatic hydroxyl groups is 1. The highest BCUT2D eigenvalue weighted by Crippen LogP contribution is 2.36. The Morgan fingerprint density at radius 1 is 1.10 bits per heavy atom. The number of aryl methyl sites for hydroxylation is 1. The average Bonchev–Trinajstić information content (AvgIpc) is 3.33. The summed E-state index contributed by atoms with van der Waals surface area (Å²) in [5, 5.41) is 11.2. The van der Waals surface area contributed by atoms with Crippen LogP contribution in [-0.4, -0.2) is 56.6 Å². The van der Waals surface area contributed by atoms with E-state index in [4.69, 9.17) is 4.74 Å². The maximum absolute atomic E-state index is 13.5. The fraction of sp³-hybridized carbons (Fsp3) is 0.406. The molecule has 212 valence electrons. The van der Waals surface area contributed by atoms with Crippen molar-refractivity contribution in [1.82, 2.24) is 14.8 Å². The average molecular weight is 548 g/mol. The Morgan fingerprint density at radius 3 is 2.40 bits per heavy atom. The lowest BCUT2D eigenvalue weighted by atomic mass is 10.0. The molecule has 2 aromatic carbocycles. The van der Waals surface area contributed by atoms with Gasteiger partial charge in [0.05, 0.1) is 12.1 Å². The summed E-state index contributed by atoms with van der Waals surface area (Å²) in [5.74, 6) is -0.669. The Hall–Kier alpha value is -3.78. The second-order valence-corrected chi connectivity index (χ2v) is 11.6. The van der Waals surface area contributed by atoms with Crippen molar-refractivity contribution < 1.29 is 23.8 Å². The Labute approximate surface area is 235 Å². The number of hydrogen-bond acceptors (Lipinski definition) is 5. The molecule has 1 fully saturated rings. The summed E-state index contributed by atoms with van der Waals surface area (Å²) >= 11 is 0. The number of likely N-dealkylation sites (tertiary alicyclic amines) is 1. The highest BCUT2D eigenvalue weighted by Gasteiger charge is 2.42. The minimum atomic E-state index is -0.825. The van der Waals surface area contributed by atoms with Gasteiger partial charge < -0.3 is 14.7 Å². The zero-order valence-corrected chi connectivity index (χ0v) is 23.8. The summed E-state index contributed by atoms with van der Waals surface area (Å²) in [7, 11) is 1.70. The van der Waals surface area contributed by atoms with Gasteiger partial charge in [-0.3, -0.25) is 9.69 Å². The highest BCUT2D eigenvalue weighted by atomic mass is 19.1. The molecule has 0 aliphatic carbocycles. The van der Waals surface area contributed by atoms with Crippen molar-refractivity contribution in [2.75, 3.05) is 7.05 Å². The van der Waals surface area contributed by atoms with E-state index in [2.05, 4.69) is 4.98 Å². The minimum absolute atomic E-state index is 0.156. The van der Waals surface area contributed by atoms with Crippen LogP contribution in [0.2, 0.25) is 0 Å². The molecule has 2 heterocycles. The molecule has 1 saturated heterocycles. The van der Waals surface area contributed by atoms with Crippen molar-refractivity contribution >= 4 is 12.0 Å².